The van der Waals surface area contributed by atoms with Crippen molar-refractivity contribution in [2.75, 3.05) is 12.9 Å². The van der Waals surface area contributed by atoms with Crippen LogP contribution in [0.25, 0.3) is 0 Å². The van der Waals surface area contributed by atoms with Crippen LogP contribution >= 0.6 is 11.8 Å². The lowest BCUT2D eigenvalue weighted by atomic mass is 10.3. The molecule has 1 atom stereocenters. The van der Waals surface area contributed by atoms with Crippen LogP contribution in [0.5, 0.6) is 5.75 Å². The van der Waals surface area contributed by atoms with Gasteiger partial charge in [-0.3, -0.25) is 4.79 Å². The third kappa shape index (κ3) is 3.81. The zero-order valence-electron chi connectivity index (χ0n) is 8.47. The van der Waals surface area contributed by atoms with Crippen molar-refractivity contribution in [1.82, 2.24) is 0 Å². The Kier molecular flexibility index (Phi) is 4.45. The number of carbonyl (C=O) groups is 1. The number of carbonyl (C=O) groups excluding carboxylic acids is 1. The van der Waals surface area contributed by atoms with E-state index >= 15 is 0 Å². The molecule has 0 radical (unpaired) electrons. The van der Waals surface area contributed by atoms with Gasteiger partial charge in [-0.2, -0.15) is 0 Å². The average molecular weight is 226 g/mol. The van der Waals surface area contributed by atoms with E-state index < -0.39 is 11.9 Å². The standard InChI is InChI=1S/C10H14N2O2S/c1-15-8-4-2-7(3-5-8)14-6-9(11)10(12)13/h2-5,9H,6,11H2,1H3,(H2,12,13). The third-order valence-electron chi connectivity index (χ3n) is 1.85. The minimum absolute atomic E-state index is 0.105. The molecule has 1 rings (SSSR count). The quantitative estimate of drug-likeness (QED) is 0.721. The number of nitrogens with two attached hydrogens (primary N) is 2. The Hall–Kier alpha value is -1.20. The smallest absolute Gasteiger partial charge is 0.237 e. The number of benzene rings is 1. The summed E-state index contributed by atoms with van der Waals surface area (Å²) < 4.78 is 5.29. The number of primary amides is 1. The van der Waals surface area contributed by atoms with Crippen LogP contribution in [-0.2, 0) is 4.79 Å². The van der Waals surface area contributed by atoms with Crippen molar-refractivity contribution in [2.24, 2.45) is 11.5 Å². The number of rotatable bonds is 5. The SMILES string of the molecule is CSc1ccc(OCC(N)C(N)=O)cc1. The summed E-state index contributed by atoms with van der Waals surface area (Å²) in [6.45, 7) is 0.105. The molecule has 0 aliphatic carbocycles. The maximum atomic E-state index is 10.6. The molecule has 4 N–H and O–H groups in total. The molecule has 1 aromatic rings. The van der Waals surface area contributed by atoms with Crippen LogP contribution in [0.4, 0.5) is 0 Å². The van der Waals surface area contributed by atoms with Gasteiger partial charge in [-0.05, 0) is 30.5 Å². The number of hydrogen-bond acceptors (Lipinski definition) is 4. The second kappa shape index (κ2) is 5.63. The maximum absolute atomic E-state index is 10.6. The van der Waals surface area contributed by atoms with E-state index in [-0.39, 0.29) is 6.61 Å². The number of hydrogen-bond donors (Lipinski definition) is 2. The van der Waals surface area contributed by atoms with Crippen LogP contribution in [0.2, 0.25) is 0 Å². The molecule has 82 valence electrons. The van der Waals surface area contributed by atoms with Crippen LogP contribution in [0, 0.1) is 0 Å². The zero-order chi connectivity index (χ0) is 11.3. The van der Waals surface area contributed by atoms with Gasteiger partial charge in [0.25, 0.3) is 0 Å². The van der Waals surface area contributed by atoms with E-state index in [1.807, 2.05) is 30.5 Å². The maximum Gasteiger partial charge on any atom is 0.237 e. The summed E-state index contributed by atoms with van der Waals surface area (Å²) in [5.41, 5.74) is 10.4. The molecule has 0 spiro atoms. The Bertz CT molecular complexity index is 327. The Labute approximate surface area is 93.0 Å². The Morgan fingerprint density at radius 1 is 1.47 bits per heavy atom. The topological polar surface area (TPSA) is 78.3 Å². The fourth-order valence-electron chi connectivity index (χ4n) is 0.940. The molecule has 1 aromatic carbocycles. The van der Waals surface area contributed by atoms with E-state index in [1.54, 1.807) is 11.8 Å². The van der Waals surface area contributed by atoms with Crippen LogP contribution in [0.3, 0.4) is 0 Å². The largest absolute Gasteiger partial charge is 0.491 e. The van der Waals surface area contributed by atoms with Crippen molar-refractivity contribution in [2.45, 2.75) is 10.9 Å². The molecular weight excluding hydrogens is 212 g/mol. The highest BCUT2D eigenvalue weighted by molar-refractivity contribution is 7.98. The summed E-state index contributed by atoms with van der Waals surface area (Å²) in [5, 5.41) is 0. The molecule has 0 aromatic heterocycles. The summed E-state index contributed by atoms with van der Waals surface area (Å²) in [6, 6.07) is 6.79. The fraction of sp³-hybridized carbons (Fsp3) is 0.300. The molecule has 4 nitrogen and oxygen atoms in total. The highest BCUT2D eigenvalue weighted by Crippen LogP contribution is 2.18. The van der Waals surface area contributed by atoms with Gasteiger partial charge in [-0.25, -0.2) is 0 Å². The molecule has 1 unspecified atom stereocenters. The van der Waals surface area contributed by atoms with Gasteiger partial charge >= 0.3 is 0 Å². The second-order valence-electron chi connectivity index (χ2n) is 3.00. The first-order chi connectivity index (χ1) is 7.13. The molecule has 0 fully saturated rings. The molecule has 5 heteroatoms. The lowest BCUT2D eigenvalue weighted by Crippen LogP contribution is -2.41. The van der Waals surface area contributed by atoms with Gasteiger partial charge < -0.3 is 16.2 Å². The Morgan fingerprint density at radius 2 is 2.07 bits per heavy atom. The molecule has 0 bridgehead atoms. The lowest BCUT2D eigenvalue weighted by Gasteiger charge is -2.09. The highest BCUT2D eigenvalue weighted by atomic mass is 32.2. The number of amides is 1. The molecular formula is C10H14N2O2S. The first-order valence-electron chi connectivity index (χ1n) is 4.45. The Balaban J connectivity index is 2.47. The van der Waals surface area contributed by atoms with Crippen molar-refractivity contribution in [3.63, 3.8) is 0 Å². The van der Waals surface area contributed by atoms with Gasteiger partial charge in [0.1, 0.15) is 18.4 Å². The summed E-state index contributed by atoms with van der Waals surface area (Å²) in [4.78, 5) is 11.8. The Morgan fingerprint density at radius 3 is 2.53 bits per heavy atom. The van der Waals surface area contributed by atoms with E-state index in [1.165, 1.54) is 0 Å². The van der Waals surface area contributed by atoms with E-state index in [2.05, 4.69) is 0 Å². The van der Waals surface area contributed by atoms with Crippen molar-refractivity contribution < 1.29 is 9.53 Å². The van der Waals surface area contributed by atoms with E-state index in [0.717, 1.165) is 4.90 Å². The molecule has 0 heterocycles. The summed E-state index contributed by atoms with van der Waals surface area (Å²) in [6.07, 6.45) is 2.00. The molecule has 15 heavy (non-hydrogen) atoms. The average Bonchev–Trinajstić information content (AvgIpc) is 2.26. The van der Waals surface area contributed by atoms with E-state index in [0.29, 0.717) is 5.75 Å². The third-order valence-corrected chi connectivity index (χ3v) is 2.60. The molecule has 1 amide bonds. The molecule has 0 saturated heterocycles. The van der Waals surface area contributed by atoms with Crippen LogP contribution in [-0.4, -0.2) is 24.8 Å². The number of ether oxygens (including phenoxy) is 1. The van der Waals surface area contributed by atoms with Crippen LogP contribution < -0.4 is 16.2 Å². The predicted molar refractivity (Wildman–Crippen MR) is 60.9 cm³/mol. The zero-order valence-corrected chi connectivity index (χ0v) is 9.29. The first kappa shape index (κ1) is 11.9. The van der Waals surface area contributed by atoms with E-state index in [9.17, 15) is 4.79 Å². The van der Waals surface area contributed by atoms with Gasteiger partial charge in [-0.1, -0.05) is 0 Å². The van der Waals surface area contributed by atoms with E-state index in [4.69, 9.17) is 16.2 Å². The lowest BCUT2D eigenvalue weighted by molar-refractivity contribution is -0.119. The van der Waals surface area contributed by atoms with Crippen molar-refractivity contribution in [3.8, 4) is 5.75 Å². The minimum atomic E-state index is -0.759. The molecule has 0 aliphatic rings. The first-order valence-corrected chi connectivity index (χ1v) is 5.67. The summed E-state index contributed by atoms with van der Waals surface area (Å²) >= 11 is 1.65. The van der Waals surface area contributed by atoms with Crippen LogP contribution in [0.1, 0.15) is 0 Å². The van der Waals surface area contributed by atoms with Crippen molar-refractivity contribution >= 4 is 17.7 Å². The van der Waals surface area contributed by atoms with Crippen molar-refractivity contribution in [1.29, 1.82) is 0 Å². The second-order valence-corrected chi connectivity index (χ2v) is 3.88. The monoisotopic (exact) mass is 226 g/mol. The fourth-order valence-corrected chi connectivity index (χ4v) is 1.35. The van der Waals surface area contributed by atoms with Gasteiger partial charge in [0.05, 0.1) is 0 Å². The van der Waals surface area contributed by atoms with Gasteiger partial charge in [0.2, 0.25) is 5.91 Å². The van der Waals surface area contributed by atoms with Gasteiger partial charge in [0.15, 0.2) is 0 Å². The van der Waals surface area contributed by atoms with Gasteiger partial charge in [-0.15, -0.1) is 11.8 Å². The molecule has 0 saturated carbocycles. The van der Waals surface area contributed by atoms with Crippen molar-refractivity contribution in [3.05, 3.63) is 24.3 Å². The van der Waals surface area contributed by atoms with Gasteiger partial charge in [0, 0.05) is 4.90 Å². The molecule has 0 aliphatic heterocycles. The van der Waals surface area contributed by atoms with Crippen LogP contribution in [0.15, 0.2) is 29.2 Å². The predicted octanol–water partition coefficient (Wildman–Crippen LogP) is 0.600. The summed E-state index contributed by atoms with van der Waals surface area (Å²) in [7, 11) is 0. The highest BCUT2D eigenvalue weighted by Gasteiger charge is 2.09. The minimum Gasteiger partial charge on any atom is -0.491 e. The summed E-state index contributed by atoms with van der Waals surface area (Å²) in [5.74, 6) is 0.125. The normalized spacial score (nSPS) is 12.1. The number of thioether (sulfide) groups is 1.